The van der Waals surface area contributed by atoms with Gasteiger partial charge in [0.15, 0.2) is 0 Å². The second-order valence-electron chi connectivity index (χ2n) is 4.68. The smallest absolute Gasteiger partial charge is 0.406 e. The third kappa shape index (κ3) is 5.49. The van der Waals surface area contributed by atoms with E-state index in [1.54, 1.807) is 30.3 Å². The van der Waals surface area contributed by atoms with Crippen molar-refractivity contribution in [3.63, 3.8) is 0 Å². The minimum atomic E-state index is -4.73. The molecular weight excluding hydrogens is 331 g/mol. The zero-order valence-electron chi connectivity index (χ0n) is 11.9. The first kappa shape index (κ1) is 17.1. The maximum Gasteiger partial charge on any atom is 0.573 e. The molecule has 2 rings (SSSR count). The van der Waals surface area contributed by atoms with E-state index in [4.69, 9.17) is 11.6 Å². The highest BCUT2D eigenvalue weighted by Gasteiger charge is 2.31. The summed E-state index contributed by atoms with van der Waals surface area (Å²) in [6, 6.07) is 12.2. The van der Waals surface area contributed by atoms with Gasteiger partial charge in [0, 0.05) is 6.54 Å². The van der Waals surface area contributed by atoms with Crippen molar-refractivity contribution < 1.29 is 22.7 Å². The van der Waals surface area contributed by atoms with Crippen molar-refractivity contribution in [1.82, 2.24) is 5.32 Å². The predicted molar refractivity (Wildman–Crippen MR) is 80.6 cm³/mol. The van der Waals surface area contributed by atoms with Gasteiger partial charge >= 0.3 is 6.36 Å². The number of carbonyl (C=O) groups excluding carboxylic acids is 1. The van der Waals surface area contributed by atoms with E-state index < -0.39 is 6.36 Å². The summed E-state index contributed by atoms with van der Waals surface area (Å²) < 4.78 is 40.3. The summed E-state index contributed by atoms with van der Waals surface area (Å²) in [4.78, 5) is 11.9. The van der Waals surface area contributed by atoms with Crippen LogP contribution in [0.15, 0.2) is 48.5 Å². The summed E-state index contributed by atoms with van der Waals surface area (Å²) >= 11 is 5.91. The molecule has 0 aromatic heterocycles. The van der Waals surface area contributed by atoms with Gasteiger partial charge in [0.05, 0.1) is 10.6 Å². The van der Waals surface area contributed by atoms with Crippen molar-refractivity contribution in [3.8, 4) is 5.75 Å². The lowest BCUT2D eigenvalue weighted by Gasteiger charge is -2.10. The molecule has 0 aliphatic carbocycles. The molecule has 0 bridgehead atoms. The van der Waals surface area contributed by atoms with Crippen LogP contribution >= 0.6 is 11.6 Å². The van der Waals surface area contributed by atoms with Gasteiger partial charge < -0.3 is 10.1 Å². The highest BCUT2D eigenvalue weighted by Crippen LogP contribution is 2.23. The van der Waals surface area contributed by atoms with Crippen LogP contribution in [0.5, 0.6) is 5.75 Å². The van der Waals surface area contributed by atoms with Crippen LogP contribution in [0.1, 0.15) is 15.9 Å². The number of hydrogen-bond acceptors (Lipinski definition) is 2. The Morgan fingerprint density at radius 3 is 2.57 bits per heavy atom. The SMILES string of the molecule is O=C(NCCc1cccc(OC(F)(F)F)c1)c1ccccc1Cl. The number of hydrogen-bond donors (Lipinski definition) is 1. The number of halogens is 4. The van der Waals surface area contributed by atoms with E-state index in [1.807, 2.05) is 0 Å². The Balaban J connectivity index is 1.90. The second-order valence-corrected chi connectivity index (χ2v) is 5.09. The number of amides is 1. The first-order valence-electron chi connectivity index (χ1n) is 6.72. The topological polar surface area (TPSA) is 38.3 Å². The molecule has 7 heteroatoms. The molecule has 0 saturated heterocycles. The first-order chi connectivity index (χ1) is 10.8. The third-order valence-electron chi connectivity index (χ3n) is 2.95. The van der Waals surface area contributed by atoms with Crippen LogP contribution in [0.25, 0.3) is 0 Å². The fourth-order valence-corrected chi connectivity index (χ4v) is 2.18. The van der Waals surface area contributed by atoms with Gasteiger partial charge in [0.1, 0.15) is 5.75 Å². The van der Waals surface area contributed by atoms with Crippen LogP contribution in [0.4, 0.5) is 13.2 Å². The molecule has 2 aromatic carbocycles. The van der Waals surface area contributed by atoms with E-state index in [9.17, 15) is 18.0 Å². The summed E-state index contributed by atoms with van der Waals surface area (Å²) in [7, 11) is 0. The molecule has 3 nitrogen and oxygen atoms in total. The third-order valence-corrected chi connectivity index (χ3v) is 3.28. The van der Waals surface area contributed by atoms with E-state index in [2.05, 4.69) is 10.1 Å². The van der Waals surface area contributed by atoms with Crippen molar-refractivity contribution in [2.45, 2.75) is 12.8 Å². The molecule has 0 heterocycles. The summed E-state index contributed by atoms with van der Waals surface area (Å²) in [6.45, 7) is 0.263. The quantitative estimate of drug-likeness (QED) is 0.883. The van der Waals surface area contributed by atoms with Crippen molar-refractivity contribution in [3.05, 3.63) is 64.7 Å². The number of carbonyl (C=O) groups is 1. The highest BCUT2D eigenvalue weighted by molar-refractivity contribution is 6.33. The number of ether oxygens (including phenoxy) is 1. The van der Waals surface area contributed by atoms with Crippen molar-refractivity contribution >= 4 is 17.5 Å². The molecule has 1 N–H and O–H groups in total. The minimum absolute atomic E-state index is 0.263. The summed E-state index contributed by atoms with van der Waals surface area (Å²) in [5, 5.41) is 3.01. The van der Waals surface area contributed by atoms with Gasteiger partial charge in [-0.1, -0.05) is 35.9 Å². The fraction of sp³-hybridized carbons (Fsp3) is 0.188. The molecule has 0 atom stereocenters. The van der Waals surface area contributed by atoms with Crippen LogP contribution in [-0.2, 0) is 6.42 Å². The first-order valence-corrected chi connectivity index (χ1v) is 7.10. The van der Waals surface area contributed by atoms with E-state index in [0.29, 0.717) is 22.6 Å². The van der Waals surface area contributed by atoms with E-state index in [0.717, 1.165) is 0 Å². The van der Waals surface area contributed by atoms with Gasteiger partial charge in [-0.15, -0.1) is 13.2 Å². The summed E-state index contributed by atoms with van der Waals surface area (Å²) in [6.07, 6.45) is -4.36. The van der Waals surface area contributed by atoms with Gasteiger partial charge in [0.2, 0.25) is 0 Å². The van der Waals surface area contributed by atoms with Crippen LogP contribution in [-0.4, -0.2) is 18.8 Å². The van der Waals surface area contributed by atoms with Gasteiger partial charge in [-0.05, 0) is 36.2 Å². The molecule has 2 aromatic rings. The summed E-state index contributed by atoms with van der Waals surface area (Å²) in [5.74, 6) is -0.620. The van der Waals surface area contributed by atoms with Crippen molar-refractivity contribution in [2.24, 2.45) is 0 Å². The lowest BCUT2D eigenvalue weighted by Crippen LogP contribution is -2.26. The lowest BCUT2D eigenvalue weighted by molar-refractivity contribution is -0.274. The molecule has 0 spiro atoms. The van der Waals surface area contributed by atoms with Gasteiger partial charge in [-0.25, -0.2) is 0 Å². The normalized spacial score (nSPS) is 11.1. The minimum Gasteiger partial charge on any atom is -0.406 e. The standard InChI is InChI=1S/C16H13ClF3NO2/c17-14-7-2-1-6-13(14)15(22)21-9-8-11-4-3-5-12(10-11)23-16(18,19)20/h1-7,10H,8-9H2,(H,21,22). The lowest BCUT2D eigenvalue weighted by atomic mass is 10.1. The molecule has 0 aliphatic rings. The highest BCUT2D eigenvalue weighted by atomic mass is 35.5. The molecule has 0 unspecified atom stereocenters. The van der Waals surface area contributed by atoms with Crippen molar-refractivity contribution in [2.75, 3.05) is 6.54 Å². The second kappa shape index (κ2) is 7.37. The largest absolute Gasteiger partial charge is 0.573 e. The van der Waals surface area contributed by atoms with Gasteiger partial charge in [-0.2, -0.15) is 0 Å². The van der Waals surface area contributed by atoms with Gasteiger partial charge in [0.25, 0.3) is 5.91 Å². The van der Waals surface area contributed by atoms with Crippen LogP contribution in [0.3, 0.4) is 0 Å². The van der Waals surface area contributed by atoms with Crippen molar-refractivity contribution in [1.29, 1.82) is 0 Å². The Morgan fingerprint density at radius 2 is 1.87 bits per heavy atom. The Hall–Kier alpha value is -2.21. The molecular formula is C16H13ClF3NO2. The zero-order chi connectivity index (χ0) is 16.9. The van der Waals surface area contributed by atoms with E-state index in [1.165, 1.54) is 18.2 Å². The van der Waals surface area contributed by atoms with Crippen LogP contribution < -0.4 is 10.1 Å². The molecule has 122 valence electrons. The average Bonchev–Trinajstić information content (AvgIpc) is 2.46. The average molecular weight is 344 g/mol. The molecule has 0 saturated carbocycles. The Bertz CT molecular complexity index is 689. The number of benzene rings is 2. The fourth-order valence-electron chi connectivity index (χ4n) is 1.96. The Morgan fingerprint density at radius 1 is 1.13 bits per heavy atom. The predicted octanol–water partition coefficient (Wildman–Crippen LogP) is 4.21. The monoisotopic (exact) mass is 343 g/mol. The molecule has 23 heavy (non-hydrogen) atoms. The van der Waals surface area contributed by atoms with Crippen LogP contribution in [0.2, 0.25) is 5.02 Å². The summed E-state index contributed by atoms with van der Waals surface area (Å²) in [5.41, 5.74) is 0.967. The van der Waals surface area contributed by atoms with E-state index >= 15 is 0 Å². The molecule has 0 radical (unpaired) electrons. The number of rotatable bonds is 5. The maximum absolute atomic E-state index is 12.2. The van der Waals surface area contributed by atoms with Gasteiger partial charge in [-0.3, -0.25) is 4.79 Å². The Labute approximate surface area is 136 Å². The zero-order valence-corrected chi connectivity index (χ0v) is 12.6. The molecule has 0 aliphatic heterocycles. The Kier molecular flexibility index (Phi) is 5.50. The van der Waals surface area contributed by atoms with Crippen LogP contribution in [0, 0.1) is 0 Å². The number of nitrogens with one attached hydrogen (secondary N) is 1. The number of alkyl halides is 3. The molecule has 0 fully saturated rings. The maximum atomic E-state index is 12.2. The molecule has 1 amide bonds. The van der Waals surface area contributed by atoms with E-state index in [-0.39, 0.29) is 18.2 Å².